The van der Waals surface area contributed by atoms with Gasteiger partial charge < -0.3 is 19.9 Å². The number of amides is 1. The van der Waals surface area contributed by atoms with E-state index in [1.807, 2.05) is 24.3 Å². The molecule has 0 saturated carbocycles. The molecular formula is C17H13NO4. The Morgan fingerprint density at radius 1 is 1.05 bits per heavy atom. The maximum atomic E-state index is 12.1. The molecule has 0 bridgehead atoms. The number of carbonyl (C=O) groups is 1. The van der Waals surface area contributed by atoms with E-state index >= 15 is 0 Å². The van der Waals surface area contributed by atoms with Crippen LogP contribution in [-0.4, -0.2) is 25.2 Å². The number of hydrogen-bond donors (Lipinski definition) is 2. The molecule has 0 unspecified atom stereocenters. The zero-order chi connectivity index (χ0) is 15.4. The highest BCUT2D eigenvalue weighted by atomic mass is 16.5. The highest BCUT2D eigenvalue weighted by Crippen LogP contribution is 2.48. The molecule has 5 nitrogen and oxygen atoms in total. The summed E-state index contributed by atoms with van der Waals surface area (Å²) < 4.78 is 10.8. The summed E-state index contributed by atoms with van der Waals surface area (Å²) in [6, 6.07) is 8.98. The number of phenolic OH excluding ortho intramolecular Hbond substituents is 1. The average Bonchev–Trinajstić information content (AvgIpc) is 2.83. The third-order valence-electron chi connectivity index (χ3n) is 4.07. The predicted molar refractivity (Wildman–Crippen MR) is 84.2 cm³/mol. The van der Waals surface area contributed by atoms with Gasteiger partial charge in [0.25, 0.3) is 5.91 Å². The molecule has 0 atom stereocenters. The number of anilines is 1. The van der Waals surface area contributed by atoms with Crippen molar-refractivity contribution in [2.45, 2.75) is 0 Å². The van der Waals surface area contributed by atoms with Crippen LogP contribution in [0, 0.1) is 0 Å². The second-order valence-electron chi connectivity index (χ2n) is 5.16. The summed E-state index contributed by atoms with van der Waals surface area (Å²) in [6.07, 6.45) is 0. The van der Waals surface area contributed by atoms with Crippen LogP contribution in [0.25, 0.3) is 21.5 Å². The quantitative estimate of drug-likeness (QED) is 0.712. The van der Waals surface area contributed by atoms with Crippen LogP contribution in [-0.2, 0) is 0 Å². The number of rotatable bonds is 2. The average molecular weight is 295 g/mol. The van der Waals surface area contributed by atoms with Gasteiger partial charge >= 0.3 is 0 Å². The minimum Gasteiger partial charge on any atom is -0.504 e. The number of fused-ring (bicyclic) bond motifs is 2. The zero-order valence-corrected chi connectivity index (χ0v) is 12.1. The Morgan fingerprint density at radius 2 is 1.86 bits per heavy atom. The van der Waals surface area contributed by atoms with Crippen molar-refractivity contribution in [3.63, 3.8) is 0 Å². The van der Waals surface area contributed by atoms with Crippen LogP contribution in [0.4, 0.5) is 5.69 Å². The van der Waals surface area contributed by atoms with E-state index in [4.69, 9.17) is 9.47 Å². The van der Waals surface area contributed by atoms with Crippen LogP contribution >= 0.6 is 0 Å². The molecular weight excluding hydrogens is 282 g/mol. The molecule has 0 aromatic heterocycles. The van der Waals surface area contributed by atoms with E-state index < -0.39 is 0 Å². The fourth-order valence-electron chi connectivity index (χ4n) is 3.17. The van der Waals surface area contributed by atoms with Gasteiger partial charge in [-0.1, -0.05) is 12.1 Å². The van der Waals surface area contributed by atoms with Gasteiger partial charge in [-0.15, -0.1) is 0 Å². The van der Waals surface area contributed by atoms with Crippen molar-refractivity contribution in [2.75, 3.05) is 19.5 Å². The number of carbonyl (C=O) groups excluding carboxylic acids is 1. The summed E-state index contributed by atoms with van der Waals surface area (Å²) in [4.78, 5) is 12.1. The molecule has 110 valence electrons. The van der Waals surface area contributed by atoms with Crippen LogP contribution in [0.3, 0.4) is 0 Å². The minimum atomic E-state index is -0.229. The lowest BCUT2D eigenvalue weighted by Gasteiger charge is -2.13. The Kier molecular flexibility index (Phi) is 2.48. The van der Waals surface area contributed by atoms with Crippen LogP contribution in [0.15, 0.2) is 30.3 Å². The number of hydrogen-bond acceptors (Lipinski definition) is 4. The van der Waals surface area contributed by atoms with Gasteiger partial charge in [0.15, 0.2) is 11.5 Å². The second-order valence-corrected chi connectivity index (χ2v) is 5.16. The molecule has 0 fully saturated rings. The van der Waals surface area contributed by atoms with Gasteiger partial charge in [-0.25, -0.2) is 0 Å². The van der Waals surface area contributed by atoms with Gasteiger partial charge in [0.1, 0.15) is 5.75 Å². The Bertz CT molecular complexity index is 962. The van der Waals surface area contributed by atoms with Crippen LogP contribution < -0.4 is 14.8 Å². The summed E-state index contributed by atoms with van der Waals surface area (Å²) in [5.74, 6) is 0.773. The number of nitrogens with one attached hydrogen (secondary N) is 1. The van der Waals surface area contributed by atoms with Crippen LogP contribution in [0.2, 0.25) is 0 Å². The third-order valence-corrected chi connectivity index (χ3v) is 4.07. The Hall–Kier alpha value is -2.95. The van der Waals surface area contributed by atoms with E-state index in [2.05, 4.69) is 5.32 Å². The van der Waals surface area contributed by atoms with Gasteiger partial charge in [-0.2, -0.15) is 0 Å². The first kappa shape index (κ1) is 12.8. The van der Waals surface area contributed by atoms with Crippen LogP contribution in [0.5, 0.6) is 17.2 Å². The van der Waals surface area contributed by atoms with Gasteiger partial charge in [0.05, 0.1) is 25.5 Å². The van der Waals surface area contributed by atoms with Crippen molar-refractivity contribution < 1.29 is 19.4 Å². The van der Waals surface area contributed by atoms with E-state index in [0.29, 0.717) is 28.1 Å². The minimum absolute atomic E-state index is 0.0525. The molecule has 0 spiro atoms. The normalized spacial score (nSPS) is 12.7. The van der Waals surface area contributed by atoms with Gasteiger partial charge in [-0.3, -0.25) is 4.79 Å². The molecule has 4 rings (SSSR count). The van der Waals surface area contributed by atoms with E-state index in [-0.39, 0.29) is 11.7 Å². The molecule has 1 aliphatic heterocycles. The standard InChI is InChI=1S/C17H13NO4/c1-21-13-5-3-4-8-9(13)6-11-14-10(17(20)18-11)7-12(19)16(22-2)15(8)14/h3-7,19H,1-2H3,(H,18,20). The van der Waals surface area contributed by atoms with E-state index in [9.17, 15) is 9.90 Å². The number of benzene rings is 3. The Balaban J connectivity index is 2.32. The van der Waals surface area contributed by atoms with E-state index in [1.54, 1.807) is 7.11 Å². The molecule has 1 heterocycles. The largest absolute Gasteiger partial charge is 0.504 e. The fourth-order valence-corrected chi connectivity index (χ4v) is 3.17. The van der Waals surface area contributed by atoms with Gasteiger partial charge in [0, 0.05) is 16.2 Å². The lowest BCUT2D eigenvalue weighted by molar-refractivity contribution is 0.103. The maximum absolute atomic E-state index is 12.1. The van der Waals surface area contributed by atoms with Crippen molar-refractivity contribution in [3.8, 4) is 17.2 Å². The maximum Gasteiger partial charge on any atom is 0.256 e. The number of phenols is 1. The van der Waals surface area contributed by atoms with Crippen LogP contribution in [0.1, 0.15) is 10.4 Å². The molecule has 0 radical (unpaired) electrons. The SMILES string of the molecule is COc1cccc2c1cc1c3c(cc(O)c(OC)c32)C(=O)N1. The van der Waals surface area contributed by atoms with Gasteiger partial charge in [-0.05, 0) is 23.6 Å². The summed E-state index contributed by atoms with van der Waals surface area (Å²) in [7, 11) is 3.10. The first-order valence-electron chi connectivity index (χ1n) is 6.80. The van der Waals surface area contributed by atoms with Crippen molar-refractivity contribution in [3.05, 3.63) is 35.9 Å². The molecule has 5 heteroatoms. The van der Waals surface area contributed by atoms with Crippen molar-refractivity contribution in [1.29, 1.82) is 0 Å². The summed E-state index contributed by atoms with van der Waals surface area (Å²) >= 11 is 0. The monoisotopic (exact) mass is 295 g/mol. The second kappa shape index (κ2) is 4.27. The van der Waals surface area contributed by atoms with Crippen molar-refractivity contribution in [2.24, 2.45) is 0 Å². The lowest BCUT2D eigenvalue weighted by Crippen LogP contribution is -2.03. The van der Waals surface area contributed by atoms with E-state index in [0.717, 1.165) is 16.2 Å². The zero-order valence-electron chi connectivity index (χ0n) is 12.1. The lowest BCUT2D eigenvalue weighted by atomic mass is 9.96. The number of methoxy groups -OCH3 is 2. The Labute approximate surface area is 126 Å². The van der Waals surface area contributed by atoms with Gasteiger partial charge in [0.2, 0.25) is 0 Å². The summed E-state index contributed by atoms with van der Waals surface area (Å²) in [6.45, 7) is 0. The van der Waals surface area contributed by atoms with Crippen molar-refractivity contribution in [1.82, 2.24) is 0 Å². The highest BCUT2D eigenvalue weighted by molar-refractivity contribution is 6.31. The molecule has 1 aliphatic rings. The smallest absolute Gasteiger partial charge is 0.256 e. The Morgan fingerprint density at radius 3 is 2.59 bits per heavy atom. The molecule has 1 amide bonds. The molecule has 0 aliphatic carbocycles. The molecule has 3 aromatic rings. The molecule has 0 saturated heterocycles. The summed E-state index contributed by atoms with van der Waals surface area (Å²) in [5.41, 5.74) is 1.15. The molecule has 3 aromatic carbocycles. The first-order valence-corrected chi connectivity index (χ1v) is 6.80. The fraction of sp³-hybridized carbons (Fsp3) is 0.118. The molecule has 22 heavy (non-hydrogen) atoms. The number of ether oxygens (including phenoxy) is 2. The predicted octanol–water partition coefficient (Wildman–Crippen LogP) is 3.28. The highest BCUT2D eigenvalue weighted by Gasteiger charge is 2.27. The van der Waals surface area contributed by atoms with Crippen molar-refractivity contribution >= 4 is 33.1 Å². The van der Waals surface area contributed by atoms with E-state index in [1.165, 1.54) is 13.2 Å². The topological polar surface area (TPSA) is 67.8 Å². The summed E-state index contributed by atoms with van der Waals surface area (Å²) in [5, 5.41) is 16.2. The number of aromatic hydroxyl groups is 1. The first-order chi connectivity index (χ1) is 10.7. The molecule has 2 N–H and O–H groups in total. The third kappa shape index (κ3) is 1.45.